The van der Waals surface area contributed by atoms with Crippen LogP contribution in [0.2, 0.25) is 10.0 Å². The Labute approximate surface area is 196 Å². The Morgan fingerprint density at radius 3 is 1.21 bits per heavy atom. The molecular formula is C22H14CdCl2O4. The SMILES string of the molecule is O=C(O)c1cccc2cccc(Cl)c12.O=C(O)c1cccc2cccc(Cl)c12.[Cd]. The van der Waals surface area contributed by atoms with E-state index in [9.17, 15) is 9.59 Å². The van der Waals surface area contributed by atoms with Crippen LogP contribution in [0.5, 0.6) is 0 Å². The van der Waals surface area contributed by atoms with Crippen LogP contribution in [0, 0.1) is 0 Å². The van der Waals surface area contributed by atoms with Gasteiger partial charge >= 0.3 is 11.9 Å². The molecule has 4 rings (SSSR count). The van der Waals surface area contributed by atoms with E-state index in [-0.39, 0.29) is 38.4 Å². The van der Waals surface area contributed by atoms with Crippen LogP contribution >= 0.6 is 23.2 Å². The number of halogens is 2. The van der Waals surface area contributed by atoms with Crippen LogP contribution in [-0.2, 0) is 27.3 Å². The van der Waals surface area contributed by atoms with Crippen molar-refractivity contribution in [2.75, 3.05) is 0 Å². The minimum absolute atomic E-state index is 0. The van der Waals surface area contributed by atoms with Crippen molar-refractivity contribution in [3.8, 4) is 0 Å². The number of rotatable bonds is 2. The number of hydrogen-bond donors (Lipinski definition) is 2. The number of aromatic carboxylic acids is 2. The van der Waals surface area contributed by atoms with Crippen LogP contribution in [0.1, 0.15) is 20.7 Å². The average molecular weight is 526 g/mol. The second kappa shape index (κ2) is 10.0. The van der Waals surface area contributed by atoms with Gasteiger partial charge in [-0.05, 0) is 35.0 Å². The predicted molar refractivity (Wildman–Crippen MR) is 112 cm³/mol. The molecule has 0 aliphatic carbocycles. The molecular weight excluding hydrogens is 512 g/mol. The zero-order valence-corrected chi connectivity index (χ0v) is 20.7. The van der Waals surface area contributed by atoms with Gasteiger partial charge in [0.25, 0.3) is 0 Å². The number of carbonyl (C=O) groups is 2. The normalized spacial score (nSPS) is 10.0. The second-order valence-electron chi connectivity index (χ2n) is 5.90. The van der Waals surface area contributed by atoms with Crippen LogP contribution in [0.4, 0.5) is 0 Å². The van der Waals surface area contributed by atoms with Crippen molar-refractivity contribution in [3.63, 3.8) is 0 Å². The van der Waals surface area contributed by atoms with Gasteiger partial charge in [0.2, 0.25) is 0 Å². The molecule has 0 fully saturated rings. The number of carboxylic acid groups (broad SMARTS) is 2. The number of fused-ring (bicyclic) bond motifs is 2. The first-order valence-electron chi connectivity index (χ1n) is 8.21. The summed E-state index contributed by atoms with van der Waals surface area (Å²) in [6.45, 7) is 0. The number of hydrogen-bond acceptors (Lipinski definition) is 2. The molecule has 0 aliphatic rings. The summed E-state index contributed by atoms with van der Waals surface area (Å²) < 4.78 is 0. The molecule has 0 unspecified atom stereocenters. The van der Waals surface area contributed by atoms with Crippen LogP contribution in [-0.4, -0.2) is 22.2 Å². The van der Waals surface area contributed by atoms with E-state index < -0.39 is 11.9 Å². The zero-order chi connectivity index (χ0) is 20.3. The maximum atomic E-state index is 10.9. The first-order chi connectivity index (χ1) is 13.4. The minimum atomic E-state index is -0.955. The van der Waals surface area contributed by atoms with Crippen LogP contribution in [0.25, 0.3) is 21.5 Å². The molecule has 0 heterocycles. The molecule has 0 amide bonds. The molecule has 0 aliphatic heterocycles. The molecule has 4 aromatic carbocycles. The molecule has 0 radical (unpaired) electrons. The van der Waals surface area contributed by atoms with Crippen molar-refractivity contribution >= 4 is 56.7 Å². The fourth-order valence-corrected chi connectivity index (χ4v) is 3.51. The molecule has 2 N–H and O–H groups in total. The van der Waals surface area contributed by atoms with E-state index in [2.05, 4.69) is 0 Å². The van der Waals surface area contributed by atoms with Crippen molar-refractivity contribution in [1.82, 2.24) is 0 Å². The van der Waals surface area contributed by atoms with Gasteiger partial charge in [-0.25, -0.2) is 9.59 Å². The van der Waals surface area contributed by atoms with E-state index in [0.29, 0.717) is 20.8 Å². The fourth-order valence-electron chi connectivity index (χ4n) is 2.95. The fraction of sp³-hybridized carbons (Fsp3) is 0. The average Bonchev–Trinajstić information content (AvgIpc) is 2.68. The van der Waals surface area contributed by atoms with Gasteiger partial charge in [-0.15, -0.1) is 0 Å². The number of benzene rings is 4. The van der Waals surface area contributed by atoms with Crippen molar-refractivity contribution in [1.29, 1.82) is 0 Å². The summed E-state index contributed by atoms with van der Waals surface area (Å²) in [5, 5.41) is 21.7. The molecule has 0 spiro atoms. The van der Waals surface area contributed by atoms with Gasteiger partial charge in [-0.2, -0.15) is 0 Å². The third-order valence-corrected chi connectivity index (χ3v) is 4.80. The standard InChI is InChI=1S/2C11H7ClO2.Cd/c2*12-9-6-2-4-7-3-1-5-8(10(7)9)11(13)14;/h2*1-6H,(H,13,14);. The smallest absolute Gasteiger partial charge is 0.336 e. The summed E-state index contributed by atoms with van der Waals surface area (Å²) in [7, 11) is 0. The molecule has 142 valence electrons. The van der Waals surface area contributed by atoms with Gasteiger partial charge in [0, 0.05) is 48.1 Å². The van der Waals surface area contributed by atoms with Crippen LogP contribution < -0.4 is 0 Å². The van der Waals surface area contributed by atoms with Crippen molar-refractivity contribution in [2.45, 2.75) is 0 Å². The van der Waals surface area contributed by atoms with Crippen LogP contribution in [0.3, 0.4) is 0 Å². The summed E-state index contributed by atoms with van der Waals surface area (Å²) in [4.78, 5) is 21.8. The van der Waals surface area contributed by atoms with E-state index in [1.54, 1.807) is 48.5 Å². The molecule has 4 aromatic rings. The van der Waals surface area contributed by atoms with Crippen LogP contribution in [0.15, 0.2) is 72.8 Å². The largest absolute Gasteiger partial charge is 0.478 e. The molecule has 29 heavy (non-hydrogen) atoms. The Morgan fingerprint density at radius 2 is 0.897 bits per heavy atom. The summed E-state index contributed by atoms with van der Waals surface area (Å²) in [6.07, 6.45) is 0. The van der Waals surface area contributed by atoms with E-state index in [1.807, 2.05) is 24.3 Å². The molecule has 0 saturated heterocycles. The molecule has 0 atom stereocenters. The Hall–Kier alpha value is -2.16. The van der Waals surface area contributed by atoms with Gasteiger partial charge < -0.3 is 10.2 Å². The Balaban J connectivity index is 0.000000200. The summed E-state index contributed by atoms with van der Waals surface area (Å²) in [5.74, 6) is -1.91. The van der Waals surface area contributed by atoms with E-state index in [4.69, 9.17) is 33.4 Å². The first kappa shape index (κ1) is 23.1. The van der Waals surface area contributed by atoms with Gasteiger partial charge in [0.05, 0.1) is 11.1 Å². The zero-order valence-electron chi connectivity index (χ0n) is 15.1. The molecule has 0 saturated carbocycles. The van der Waals surface area contributed by atoms with E-state index >= 15 is 0 Å². The predicted octanol–water partition coefficient (Wildman–Crippen LogP) is 6.38. The maximum absolute atomic E-state index is 10.9. The Morgan fingerprint density at radius 1 is 0.586 bits per heavy atom. The van der Waals surface area contributed by atoms with Crippen molar-refractivity contribution < 1.29 is 47.1 Å². The first-order valence-corrected chi connectivity index (χ1v) is 8.97. The number of carboxylic acids is 2. The molecule has 4 nitrogen and oxygen atoms in total. The molecule has 7 heteroatoms. The quantitative estimate of drug-likeness (QED) is 0.298. The third kappa shape index (κ3) is 5.07. The van der Waals surface area contributed by atoms with E-state index in [0.717, 1.165) is 10.8 Å². The Kier molecular flexibility index (Phi) is 8.01. The van der Waals surface area contributed by atoms with Crippen molar-refractivity contribution in [2.24, 2.45) is 0 Å². The molecule has 0 bridgehead atoms. The summed E-state index contributed by atoms with van der Waals surface area (Å²) in [6, 6.07) is 20.9. The van der Waals surface area contributed by atoms with Gasteiger partial charge in [0.15, 0.2) is 0 Å². The maximum Gasteiger partial charge on any atom is 0.336 e. The van der Waals surface area contributed by atoms with Gasteiger partial charge in [0.1, 0.15) is 0 Å². The second-order valence-corrected chi connectivity index (χ2v) is 6.71. The summed E-state index contributed by atoms with van der Waals surface area (Å²) >= 11 is 11.9. The summed E-state index contributed by atoms with van der Waals surface area (Å²) in [5.41, 5.74) is 0.487. The monoisotopic (exact) mass is 526 g/mol. The third-order valence-electron chi connectivity index (χ3n) is 4.17. The molecule has 0 aromatic heterocycles. The van der Waals surface area contributed by atoms with Gasteiger partial charge in [-0.3, -0.25) is 0 Å². The van der Waals surface area contributed by atoms with Gasteiger partial charge in [-0.1, -0.05) is 71.7 Å². The Bertz CT molecular complexity index is 1100. The minimum Gasteiger partial charge on any atom is -0.478 e. The van der Waals surface area contributed by atoms with E-state index in [1.165, 1.54) is 0 Å². The van der Waals surface area contributed by atoms with Crippen molar-refractivity contribution in [3.05, 3.63) is 94.0 Å². The topological polar surface area (TPSA) is 74.6 Å².